The van der Waals surface area contributed by atoms with Crippen LogP contribution >= 0.6 is 0 Å². The van der Waals surface area contributed by atoms with Crippen molar-refractivity contribution in [3.05, 3.63) is 69.6 Å². The molecule has 0 spiro atoms. The molecule has 0 saturated heterocycles. The molecule has 3 nitrogen and oxygen atoms in total. The summed E-state index contributed by atoms with van der Waals surface area (Å²) in [5.74, 6) is 0. The lowest BCUT2D eigenvalue weighted by Gasteiger charge is -2.03. The van der Waals surface area contributed by atoms with Gasteiger partial charge in [-0.2, -0.15) is 0 Å². The molecule has 1 heterocycles. The normalized spacial score (nSPS) is 11.1. The largest absolute Gasteiger partial charge is 0.329 e. The van der Waals surface area contributed by atoms with E-state index < -0.39 is 0 Å². The number of nitrogens with zero attached hydrogens (tertiary/aromatic N) is 1. The third kappa shape index (κ3) is 3.68. The van der Waals surface area contributed by atoms with Crippen LogP contribution in [0.25, 0.3) is 12.2 Å². The van der Waals surface area contributed by atoms with Crippen molar-refractivity contribution in [1.82, 2.24) is 4.57 Å². The fraction of sp³-hybridized carbons (Fsp3) is 0.235. The Labute approximate surface area is 119 Å². The third-order valence-electron chi connectivity index (χ3n) is 3.25. The van der Waals surface area contributed by atoms with Crippen LogP contribution < -0.4 is 11.3 Å². The Morgan fingerprint density at radius 3 is 2.40 bits per heavy atom. The SMILES string of the molecule is CCc1ccc(/C=C/c2ccn(CCN)c(=O)c2)cc1. The molecule has 0 saturated carbocycles. The van der Waals surface area contributed by atoms with Crippen molar-refractivity contribution >= 4 is 12.2 Å². The fourth-order valence-electron chi connectivity index (χ4n) is 2.01. The van der Waals surface area contributed by atoms with E-state index in [0.717, 1.165) is 17.5 Å². The van der Waals surface area contributed by atoms with Crippen molar-refractivity contribution in [2.75, 3.05) is 6.54 Å². The van der Waals surface area contributed by atoms with E-state index in [1.165, 1.54) is 5.56 Å². The van der Waals surface area contributed by atoms with Crippen LogP contribution in [0, 0.1) is 0 Å². The van der Waals surface area contributed by atoms with Crippen molar-refractivity contribution in [3.63, 3.8) is 0 Å². The fourth-order valence-corrected chi connectivity index (χ4v) is 2.01. The molecule has 0 unspecified atom stereocenters. The molecule has 0 atom stereocenters. The van der Waals surface area contributed by atoms with E-state index in [9.17, 15) is 4.79 Å². The molecular weight excluding hydrogens is 248 g/mol. The first kappa shape index (κ1) is 14.3. The molecule has 0 amide bonds. The summed E-state index contributed by atoms with van der Waals surface area (Å²) in [6.45, 7) is 3.17. The van der Waals surface area contributed by atoms with Gasteiger partial charge in [-0.25, -0.2) is 0 Å². The van der Waals surface area contributed by atoms with Crippen LogP contribution in [0.3, 0.4) is 0 Å². The number of aryl methyl sites for hydroxylation is 1. The second-order valence-corrected chi connectivity index (χ2v) is 4.71. The zero-order chi connectivity index (χ0) is 14.4. The summed E-state index contributed by atoms with van der Waals surface area (Å²) in [7, 11) is 0. The molecular formula is C17H20N2O. The maximum Gasteiger partial charge on any atom is 0.251 e. The second-order valence-electron chi connectivity index (χ2n) is 4.71. The van der Waals surface area contributed by atoms with Gasteiger partial charge in [-0.3, -0.25) is 4.79 Å². The van der Waals surface area contributed by atoms with Crippen molar-refractivity contribution in [2.45, 2.75) is 19.9 Å². The lowest BCUT2D eigenvalue weighted by atomic mass is 10.1. The Hall–Kier alpha value is -2.13. The highest BCUT2D eigenvalue weighted by molar-refractivity contribution is 5.69. The summed E-state index contributed by atoms with van der Waals surface area (Å²) in [5.41, 5.74) is 8.80. The molecule has 0 aliphatic heterocycles. The van der Waals surface area contributed by atoms with Crippen LogP contribution in [-0.4, -0.2) is 11.1 Å². The van der Waals surface area contributed by atoms with E-state index in [-0.39, 0.29) is 5.56 Å². The number of nitrogens with two attached hydrogens (primary N) is 1. The van der Waals surface area contributed by atoms with Crippen LogP contribution in [-0.2, 0) is 13.0 Å². The topological polar surface area (TPSA) is 48.0 Å². The van der Waals surface area contributed by atoms with Crippen molar-refractivity contribution in [1.29, 1.82) is 0 Å². The summed E-state index contributed by atoms with van der Waals surface area (Å²) >= 11 is 0. The van der Waals surface area contributed by atoms with Crippen LogP contribution in [0.15, 0.2) is 47.4 Å². The number of benzene rings is 1. The first-order valence-corrected chi connectivity index (χ1v) is 6.90. The van der Waals surface area contributed by atoms with Gasteiger partial charge in [0.1, 0.15) is 0 Å². The Balaban J connectivity index is 2.14. The lowest BCUT2D eigenvalue weighted by Crippen LogP contribution is -2.22. The average molecular weight is 268 g/mol. The molecule has 104 valence electrons. The number of aromatic nitrogens is 1. The van der Waals surface area contributed by atoms with Gasteiger partial charge >= 0.3 is 0 Å². The van der Waals surface area contributed by atoms with E-state index in [1.54, 1.807) is 16.8 Å². The minimum Gasteiger partial charge on any atom is -0.329 e. The predicted octanol–water partition coefficient (Wildman–Crippen LogP) is 2.54. The number of hydrogen-bond donors (Lipinski definition) is 1. The van der Waals surface area contributed by atoms with Crippen LogP contribution in [0.4, 0.5) is 0 Å². The van der Waals surface area contributed by atoms with Gasteiger partial charge in [0.05, 0.1) is 0 Å². The molecule has 2 aromatic rings. The van der Waals surface area contributed by atoms with Crippen LogP contribution in [0.1, 0.15) is 23.6 Å². The van der Waals surface area contributed by atoms with Crippen LogP contribution in [0.5, 0.6) is 0 Å². The second kappa shape index (κ2) is 6.87. The molecule has 0 fully saturated rings. The zero-order valence-electron chi connectivity index (χ0n) is 11.8. The van der Waals surface area contributed by atoms with E-state index in [4.69, 9.17) is 5.73 Å². The molecule has 0 bridgehead atoms. The summed E-state index contributed by atoms with van der Waals surface area (Å²) < 4.78 is 1.62. The molecule has 1 aromatic carbocycles. The van der Waals surface area contributed by atoms with Gasteiger partial charge in [0, 0.05) is 25.4 Å². The quantitative estimate of drug-likeness (QED) is 0.906. The lowest BCUT2D eigenvalue weighted by molar-refractivity contribution is 0.680. The summed E-state index contributed by atoms with van der Waals surface area (Å²) in [6.07, 6.45) is 6.80. The number of pyridine rings is 1. The van der Waals surface area contributed by atoms with Crippen molar-refractivity contribution in [2.24, 2.45) is 5.73 Å². The third-order valence-corrected chi connectivity index (χ3v) is 3.25. The first-order chi connectivity index (χ1) is 9.72. The molecule has 2 N–H and O–H groups in total. The predicted molar refractivity (Wildman–Crippen MR) is 84.5 cm³/mol. The summed E-state index contributed by atoms with van der Waals surface area (Å²) in [6, 6.07) is 12.0. The monoisotopic (exact) mass is 268 g/mol. The number of hydrogen-bond acceptors (Lipinski definition) is 2. The molecule has 0 aliphatic carbocycles. The highest BCUT2D eigenvalue weighted by Crippen LogP contribution is 2.09. The van der Waals surface area contributed by atoms with Gasteiger partial charge in [0.15, 0.2) is 0 Å². The van der Waals surface area contributed by atoms with Crippen molar-refractivity contribution < 1.29 is 0 Å². The Morgan fingerprint density at radius 2 is 1.80 bits per heavy atom. The highest BCUT2D eigenvalue weighted by atomic mass is 16.1. The molecule has 0 aliphatic rings. The first-order valence-electron chi connectivity index (χ1n) is 6.90. The van der Waals surface area contributed by atoms with Gasteiger partial charge in [-0.05, 0) is 29.2 Å². The van der Waals surface area contributed by atoms with E-state index in [1.807, 2.05) is 18.2 Å². The standard InChI is InChI=1S/C17H20N2O/c1-2-14-3-5-15(6-4-14)7-8-16-9-11-19(12-10-18)17(20)13-16/h3-9,11,13H,2,10,12,18H2,1H3/b8-7+. The summed E-state index contributed by atoms with van der Waals surface area (Å²) in [5, 5.41) is 0. The molecule has 3 heteroatoms. The Bertz CT molecular complexity index is 639. The van der Waals surface area contributed by atoms with Crippen LogP contribution in [0.2, 0.25) is 0 Å². The van der Waals surface area contributed by atoms with Gasteiger partial charge in [-0.15, -0.1) is 0 Å². The zero-order valence-corrected chi connectivity index (χ0v) is 11.8. The summed E-state index contributed by atoms with van der Waals surface area (Å²) in [4.78, 5) is 11.8. The molecule has 1 aromatic heterocycles. The Kier molecular flexibility index (Phi) is 4.91. The smallest absolute Gasteiger partial charge is 0.251 e. The highest BCUT2D eigenvalue weighted by Gasteiger charge is 1.95. The van der Waals surface area contributed by atoms with Crippen molar-refractivity contribution in [3.8, 4) is 0 Å². The maximum absolute atomic E-state index is 11.8. The molecule has 2 rings (SSSR count). The minimum absolute atomic E-state index is 0.0149. The minimum atomic E-state index is -0.0149. The average Bonchev–Trinajstić information content (AvgIpc) is 2.48. The Morgan fingerprint density at radius 1 is 1.10 bits per heavy atom. The van der Waals surface area contributed by atoms with E-state index in [0.29, 0.717) is 13.1 Å². The molecule has 20 heavy (non-hydrogen) atoms. The van der Waals surface area contributed by atoms with Gasteiger partial charge in [-0.1, -0.05) is 43.3 Å². The van der Waals surface area contributed by atoms with Gasteiger partial charge < -0.3 is 10.3 Å². The van der Waals surface area contributed by atoms with Gasteiger partial charge in [0.2, 0.25) is 0 Å². The van der Waals surface area contributed by atoms with Gasteiger partial charge in [0.25, 0.3) is 5.56 Å². The number of rotatable bonds is 5. The van der Waals surface area contributed by atoms with E-state index >= 15 is 0 Å². The van der Waals surface area contributed by atoms with E-state index in [2.05, 4.69) is 31.2 Å². The molecule has 0 radical (unpaired) electrons. The maximum atomic E-state index is 11.8.